The van der Waals surface area contributed by atoms with Crippen molar-refractivity contribution in [3.05, 3.63) is 69.8 Å². The van der Waals surface area contributed by atoms with Crippen molar-refractivity contribution in [3.63, 3.8) is 0 Å². The first-order chi connectivity index (χ1) is 15.4. The van der Waals surface area contributed by atoms with Crippen molar-refractivity contribution in [1.29, 1.82) is 0 Å². The number of rotatable bonds is 8. The number of thiol groups is 1. The second-order valence-electron chi connectivity index (χ2n) is 7.33. The van der Waals surface area contributed by atoms with Gasteiger partial charge in [0.2, 0.25) is 0 Å². The molecule has 3 aromatic rings. The Labute approximate surface area is 205 Å². The van der Waals surface area contributed by atoms with Crippen molar-refractivity contribution < 1.29 is 24.2 Å². The summed E-state index contributed by atoms with van der Waals surface area (Å²) >= 11 is 6.03. The Kier molecular flexibility index (Phi) is 8.63. The smallest absolute Gasteiger partial charge is 0.412 e. The second kappa shape index (κ2) is 11.4. The first-order valence-electron chi connectivity index (χ1n) is 10.1. The third kappa shape index (κ3) is 6.29. The molecular formula is C24H24INO5S. The first kappa shape index (κ1) is 24.2. The fraction of sp³-hybridized carbons (Fsp3) is 0.250. The summed E-state index contributed by atoms with van der Waals surface area (Å²) in [5.41, 5.74) is 1.13. The van der Waals surface area contributed by atoms with Gasteiger partial charge in [-0.05, 0) is 58.7 Å². The summed E-state index contributed by atoms with van der Waals surface area (Å²) in [6.07, 6.45) is -0.936. The maximum atomic E-state index is 12.9. The number of amides is 1. The van der Waals surface area contributed by atoms with Gasteiger partial charge in [-0.25, -0.2) is 4.79 Å². The van der Waals surface area contributed by atoms with Gasteiger partial charge in [-0.1, -0.05) is 43.3 Å². The number of carbonyl (C=O) groups excluding carboxylic acids is 2. The van der Waals surface area contributed by atoms with Crippen molar-refractivity contribution in [2.75, 3.05) is 17.7 Å². The number of hydrogen-bond donors (Lipinski definition) is 3. The predicted octanol–water partition coefficient (Wildman–Crippen LogP) is 5.94. The molecule has 0 heterocycles. The zero-order chi connectivity index (χ0) is 23.1. The minimum absolute atomic E-state index is 0.000579. The van der Waals surface area contributed by atoms with Crippen LogP contribution in [0.3, 0.4) is 0 Å². The summed E-state index contributed by atoms with van der Waals surface area (Å²) in [5, 5.41) is 15.1. The highest BCUT2D eigenvalue weighted by Gasteiger charge is 2.27. The molecule has 0 spiro atoms. The highest BCUT2D eigenvalue weighted by molar-refractivity contribution is 14.1. The Balaban J connectivity index is 1.80. The number of benzene rings is 3. The number of aromatic hydroxyl groups is 1. The standard InChI is InChI=1S/C24H24INO5S/c1-15(11-12-30-22(28)14-32)23(19-13-17(25)9-10-21(19)27)31-24(29)26-20-8-4-6-16-5-2-3-7-18(16)20/h2-10,13,15,23,27,32H,11-12,14H2,1H3,(H,26,29)/t15-,23-/m0/s1. The number of halogens is 1. The van der Waals surface area contributed by atoms with Gasteiger partial charge in [0.05, 0.1) is 18.0 Å². The molecule has 1 amide bonds. The van der Waals surface area contributed by atoms with Gasteiger partial charge >= 0.3 is 12.1 Å². The van der Waals surface area contributed by atoms with Gasteiger partial charge in [-0.15, -0.1) is 0 Å². The number of esters is 1. The first-order valence-corrected chi connectivity index (χ1v) is 11.8. The van der Waals surface area contributed by atoms with Crippen molar-refractivity contribution in [2.24, 2.45) is 5.92 Å². The fourth-order valence-corrected chi connectivity index (χ4v) is 3.99. The largest absolute Gasteiger partial charge is 0.508 e. The van der Waals surface area contributed by atoms with E-state index in [-0.39, 0.29) is 24.0 Å². The van der Waals surface area contributed by atoms with E-state index < -0.39 is 18.2 Å². The SMILES string of the molecule is C[C@@H](CCOC(=O)CS)[C@H](OC(=O)Nc1cccc2ccccc12)c1cc(I)ccc1O. The molecule has 32 heavy (non-hydrogen) atoms. The maximum Gasteiger partial charge on any atom is 0.412 e. The van der Waals surface area contributed by atoms with E-state index in [1.807, 2.05) is 49.4 Å². The van der Waals surface area contributed by atoms with Crippen LogP contribution in [0.4, 0.5) is 10.5 Å². The molecule has 3 rings (SSSR count). The van der Waals surface area contributed by atoms with E-state index in [2.05, 4.69) is 40.5 Å². The lowest BCUT2D eigenvalue weighted by atomic mass is 9.94. The van der Waals surface area contributed by atoms with Crippen molar-refractivity contribution in [3.8, 4) is 5.75 Å². The molecule has 0 radical (unpaired) electrons. The molecule has 0 aliphatic carbocycles. The minimum atomic E-state index is -0.741. The Bertz CT molecular complexity index is 1100. The van der Waals surface area contributed by atoms with Crippen molar-refractivity contribution in [2.45, 2.75) is 19.4 Å². The quantitative estimate of drug-likeness (QED) is 0.179. The van der Waals surface area contributed by atoms with Gasteiger partial charge in [-0.2, -0.15) is 12.6 Å². The van der Waals surface area contributed by atoms with E-state index in [0.29, 0.717) is 17.7 Å². The molecule has 0 aliphatic rings. The lowest BCUT2D eigenvalue weighted by Crippen LogP contribution is -2.23. The normalized spacial score (nSPS) is 12.7. The van der Waals surface area contributed by atoms with E-state index in [9.17, 15) is 14.7 Å². The van der Waals surface area contributed by atoms with Gasteiger partial charge in [0.15, 0.2) is 0 Å². The van der Waals surface area contributed by atoms with Crippen LogP contribution >= 0.6 is 35.2 Å². The van der Waals surface area contributed by atoms with Gasteiger partial charge < -0.3 is 14.6 Å². The summed E-state index contributed by atoms with van der Waals surface area (Å²) in [6.45, 7) is 2.04. The van der Waals surface area contributed by atoms with Gasteiger partial charge in [0, 0.05) is 20.4 Å². The fourth-order valence-electron chi connectivity index (χ4n) is 3.38. The van der Waals surface area contributed by atoms with Crippen LogP contribution in [0, 0.1) is 9.49 Å². The molecule has 3 aromatic carbocycles. The second-order valence-corrected chi connectivity index (χ2v) is 8.89. The Morgan fingerprint density at radius 3 is 2.66 bits per heavy atom. The molecule has 0 aromatic heterocycles. The zero-order valence-corrected chi connectivity index (χ0v) is 20.5. The Hall–Kier alpha value is -2.46. The highest BCUT2D eigenvalue weighted by atomic mass is 127. The molecule has 0 aliphatic heterocycles. The summed E-state index contributed by atoms with van der Waals surface area (Å²) in [4.78, 5) is 24.2. The van der Waals surface area contributed by atoms with Crippen LogP contribution in [-0.2, 0) is 14.3 Å². The summed E-state index contributed by atoms with van der Waals surface area (Å²) in [5.74, 6) is -0.610. The van der Waals surface area contributed by atoms with Crippen molar-refractivity contribution in [1.82, 2.24) is 0 Å². The lowest BCUT2D eigenvalue weighted by molar-refractivity contribution is -0.141. The molecule has 2 N–H and O–H groups in total. The van der Waals surface area contributed by atoms with Crippen LogP contribution in [0.2, 0.25) is 0 Å². The molecule has 0 saturated carbocycles. The number of nitrogens with one attached hydrogen (secondary N) is 1. The Morgan fingerprint density at radius 2 is 1.88 bits per heavy atom. The third-order valence-corrected chi connectivity index (χ3v) is 5.97. The topological polar surface area (TPSA) is 84.9 Å². The van der Waals surface area contributed by atoms with Gasteiger partial charge in [0.1, 0.15) is 11.9 Å². The molecule has 0 unspecified atom stereocenters. The molecule has 8 heteroatoms. The number of phenolic OH excluding ortho intramolecular Hbond substituents is 1. The number of anilines is 1. The molecule has 168 valence electrons. The van der Waals surface area contributed by atoms with Crippen LogP contribution in [0.5, 0.6) is 5.75 Å². The third-order valence-electron chi connectivity index (χ3n) is 5.04. The summed E-state index contributed by atoms with van der Waals surface area (Å²) in [6, 6.07) is 18.5. The van der Waals surface area contributed by atoms with Crippen LogP contribution in [-0.4, -0.2) is 29.5 Å². The van der Waals surface area contributed by atoms with E-state index in [0.717, 1.165) is 14.3 Å². The maximum absolute atomic E-state index is 12.9. The van der Waals surface area contributed by atoms with Crippen molar-refractivity contribution >= 4 is 63.7 Å². The average Bonchev–Trinajstić information content (AvgIpc) is 2.79. The molecule has 6 nitrogen and oxygen atoms in total. The number of ether oxygens (including phenoxy) is 2. The minimum Gasteiger partial charge on any atom is -0.508 e. The number of fused-ring (bicyclic) bond motifs is 1. The molecule has 0 fully saturated rings. The molecular weight excluding hydrogens is 541 g/mol. The van der Waals surface area contributed by atoms with Crippen LogP contribution in [0.1, 0.15) is 25.0 Å². The summed E-state index contributed by atoms with van der Waals surface area (Å²) in [7, 11) is 0. The molecule has 0 saturated heterocycles. The van der Waals surface area contributed by atoms with Crippen LogP contribution in [0.25, 0.3) is 10.8 Å². The number of hydrogen-bond acceptors (Lipinski definition) is 6. The lowest BCUT2D eigenvalue weighted by Gasteiger charge is -2.25. The van der Waals surface area contributed by atoms with E-state index >= 15 is 0 Å². The zero-order valence-electron chi connectivity index (χ0n) is 17.5. The average molecular weight is 565 g/mol. The van der Waals surface area contributed by atoms with Gasteiger partial charge in [-0.3, -0.25) is 10.1 Å². The van der Waals surface area contributed by atoms with E-state index in [1.54, 1.807) is 18.2 Å². The number of phenols is 1. The number of carbonyl (C=O) groups is 2. The highest BCUT2D eigenvalue weighted by Crippen LogP contribution is 2.36. The van der Waals surface area contributed by atoms with E-state index in [1.165, 1.54) is 0 Å². The monoisotopic (exact) mass is 565 g/mol. The Morgan fingerprint density at radius 1 is 1.12 bits per heavy atom. The summed E-state index contributed by atoms with van der Waals surface area (Å²) < 4.78 is 11.8. The van der Waals surface area contributed by atoms with Crippen LogP contribution in [0.15, 0.2) is 60.7 Å². The molecule has 2 atom stereocenters. The van der Waals surface area contributed by atoms with E-state index in [4.69, 9.17) is 9.47 Å². The van der Waals surface area contributed by atoms with Crippen LogP contribution < -0.4 is 5.32 Å². The molecule has 0 bridgehead atoms. The predicted molar refractivity (Wildman–Crippen MR) is 136 cm³/mol. The van der Waals surface area contributed by atoms with Gasteiger partial charge in [0.25, 0.3) is 0 Å².